The second-order valence-electron chi connectivity index (χ2n) is 3.85. The van der Waals surface area contributed by atoms with Gasteiger partial charge in [0.05, 0.1) is 22.1 Å². The fourth-order valence-electron chi connectivity index (χ4n) is 1.81. The van der Waals surface area contributed by atoms with Crippen LogP contribution in [0.5, 0.6) is 0 Å². The van der Waals surface area contributed by atoms with Gasteiger partial charge in [-0.15, -0.1) is 11.8 Å². The number of hydrogen-bond acceptors (Lipinski definition) is 5. The highest BCUT2D eigenvalue weighted by Crippen LogP contribution is 2.36. The first-order chi connectivity index (χ1) is 8.61. The van der Waals surface area contributed by atoms with Crippen LogP contribution in [0.25, 0.3) is 0 Å². The van der Waals surface area contributed by atoms with Crippen LogP contribution in [-0.2, 0) is 11.2 Å². The molecule has 2 rings (SSSR count). The average Bonchev–Trinajstić information content (AvgIpc) is 2.35. The molecule has 0 aromatic heterocycles. The van der Waals surface area contributed by atoms with Gasteiger partial charge in [-0.3, -0.25) is 14.9 Å². The number of rotatable bonds is 4. The number of carbonyl (C=O) groups excluding carboxylic acids is 1. The monoisotopic (exact) mass is 268 g/mol. The van der Waals surface area contributed by atoms with Crippen molar-refractivity contribution in [3.63, 3.8) is 0 Å². The van der Waals surface area contributed by atoms with E-state index in [4.69, 9.17) is 5.11 Å². The maximum absolute atomic E-state index is 11.2. The van der Waals surface area contributed by atoms with E-state index in [-0.39, 0.29) is 18.2 Å². The Balaban J connectivity index is 2.40. The second kappa shape index (κ2) is 5.36. The first-order valence-corrected chi connectivity index (χ1v) is 6.45. The van der Waals surface area contributed by atoms with Gasteiger partial charge in [-0.05, 0) is 18.1 Å². The maximum Gasteiger partial charge on any atom is 0.284 e. The molecular formula is C11H12N2O4S. The molecular weight excluding hydrogens is 256 g/mol. The minimum Gasteiger partial charge on any atom is -0.396 e. The Morgan fingerprint density at radius 3 is 2.89 bits per heavy atom. The molecule has 1 heterocycles. The predicted molar refractivity (Wildman–Crippen MR) is 67.9 cm³/mol. The first-order valence-electron chi connectivity index (χ1n) is 5.46. The van der Waals surface area contributed by atoms with Gasteiger partial charge in [-0.25, -0.2) is 0 Å². The average molecular weight is 268 g/mol. The van der Waals surface area contributed by atoms with E-state index in [0.717, 1.165) is 5.56 Å². The molecule has 0 atom stereocenters. The summed E-state index contributed by atoms with van der Waals surface area (Å²) in [6, 6.07) is 3.12. The van der Waals surface area contributed by atoms with Crippen molar-refractivity contribution in [2.24, 2.45) is 0 Å². The summed E-state index contributed by atoms with van der Waals surface area (Å²) in [7, 11) is 0. The maximum atomic E-state index is 11.2. The van der Waals surface area contributed by atoms with Crippen LogP contribution in [0.15, 0.2) is 17.0 Å². The number of benzene rings is 1. The van der Waals surface area contributed by atoms with E-state index < -0.39 is 4.92 Å². The summed E-state index contributed by atoms with van der Waals surface area (Å²) in [6.07, 6.45) is 0.987. The van der Waals surface area contributed by atoms with Crippen molar-refractivity contribution in [2.75, 3.05) is 17.7 Å². The van der Waals surface area contributed by atoms with Crippen molar-refractivity contribution >= 4 is 29.0 Å². The van der Waals surface area contributed by atoms with Crippen molar-refractivity contribution in [3.05, 3.63) is 27.8 Å². The van der Waals surface area contributed by atoms with E-state index in [2.05, 4.69) is 5.32 Å². The fourth-order valence-corrected chi connectivity index (χ4v) is 2.63. The minimum atomic E-state index is -0.471. The predicted octanol–water partition coefficient (Wildman–Crippen LogP) is 1.56. The summed E-state index contributed by atoms with van der Waals surface area (Å²) in [5.74, 6) is 0.291. The third-order valence-corrected chi connectivity index (χ3v) is 3.65. The molecule has 1 aromatic rings. The number of aryl methyl sites for hydroxylation is 1. The van der Waals surface area contributed by atoms with Crippen LogP contribution in [0.3, 0.4) is 0 Å². The lowest BCUT2D eigenvalue weighted by atomic mass is 10.0. The van der Waals surface area contributed by atoms with Crippen molar-refractivity contribution in [2.45, 2.75) is 17.7 Å². The molecule has 7 heteroatoms. The third-order valence-electron chi connectivity index (χ3n) is 2.63. The summed E-state index contributed by atoms with van der Waals surface area (Å²) in [6.45, 7) is -0.0321. The van der Waals surface area contributed by atoms with Crippen molar-refractivity contribution in [3.8, 4) is 0 Å². The normalized spacial score (nSPS) is 13.9. The number of anilines is 1. The van der Waals surface area contributed by atoms with Crippen LogP contribution < -0.4 is 5.32 Å². The number of aliphatic hydroxyl groups excluding tert-OH is 1. The number of amides is 1. The highest BCUT2D eigenvalue weighted by Gasteiger charge is 2.22. The van der Waals surface area contributed by atoms with Gasteiger partial charge in [0.1, 0.15) is 0 Å². The van der Waals surface area contributed by atoms with Crippen LogP contribution in [0.1, 0.15) is 12.0 Å². The van der Waals surface area contributed by atoms with E-state index >= 15 is 0 Å². The van der Waals surface area contributed by atoms with Gasteiger partial charge in [0, 0.05) is 18.2 Å². The summed E-state index contributed by atoms with van der Waals surface area (Å²) >= 11 is 1.24. The number of carbonyl (C=O) groups is 1. The van der Waals surface area contributed by atoms with Crippen molar-refractivity contribution in [1.82, 2.24) is 0 Å². The lowest BCUT2D eigenvalue weighted by Crippen LogP contribution is -2.19. The topological polar surface area (TPSA) is 92.5 Å². The molecule has 0 bridgehead atoms. The Hall–Kier alpha value is -1.60. The van der Waals surface area contributed by atoms with E-state index in [1.807, 2.05) is 0 Å². The molecule has 2 N–H and O–H groups in total. The number of hydrogen-bond donors (Lipinski definition) is 2. The zero-order valence-electron chi connectivity index (χ0n) is 9.51. The van der Waals surface area contributed by atoms with Crippen LogP contribution in [0.2, 0.25) is 0 Å². The van der Waals surface area contributed by atoms with Gasteiger partial charge in [-0.2, -0.15) is 0 Å². The summed E-state index contributed by atoms with van der Waals surface area (Å²) in [4.78, 5) is 22.3. The van der Waals surface area contributed by atoms with Crippen LogP contribution in [-0.4, -0.2) is 28.3 Å². The largest absolute Gasteiger partial charge is 0.396 e. The quantitative estimate of drug-likeness (QED) is 0.491. The lowest BCUT2D eigenvalue weighted by Gasteiger charge is -2.17. The standard InChI is InChI=1S/C11H12N2O4S/c14-3-4-18-10-5-7-1-2-11(15)12-8(7)6-9(10)13(16)17/h5-6,14H,1-4H2,(H,12,15). The molecule has 1 aromatic carbocycles. The number of nitrogens with zero attached hydrogens (tertiary/aromatic N) is 1. The molecule has 96 valence electrons. The van der Waals surface area contributed by atoms with E-state index in [0.29, 0.717) is 29.2 Å². The zero-order chi connectivity index (χ0) is 13.1. The second-order valence-corrected chi connectivity index (χ2v) is 4.99. The third kappa shape index (κ3) is 2.62. The number of thioether (sulfide) groups is 1. The number of nitro groups is 1. The summed E-state index contributed by atoms with van der Waals surface area (Å²) < 4.78 is 0. The smallest absolute Gasteiger partial charge is 0.284 e. The Morgan fingerprint density at radius 2 is 2.22 bits per heavy atom. The molecule has 0 unspecified atom stereocenters. The zero-order valence-corrected chi connectivity index (χ0v) is 10.3. The number of aliphatic hydroxyl groups is 1. The van der Waals surface area contributed by atoms with Gasteiger partial charge in [0.15, 0.2) is 0 Å². The SMILES string of the molecule is O=C1CCc2cc(SCCO)c([N+](=O)[O-])cc2N1. The van der Waals surface area contributed by atoms with Crippen LogP contribution >= 0.6 is 11.8 Å². The van der Waals surface area contributed by atoms with Crippen molar-refractivity contribution < 1.29 is 14.8 Å². The molecule has 0 radical (unpaired) electrons. The molecule has 6 nitrogen and oxygen atoms in total. The number of nitrogens with one attached hydrogen (secondary N) is 1. The first kappa shape index (κ1) is 12.8. The van der Waals surface area contributed by atoms with E-state index in [1.165, 1.54) is 17.8 Å². The van der Waals surface area contributed by atoms with Gasteiger partial charge < -0.3 is 10.4 Å². The molecule has 1 aliphatic heterocycles. The van der Waals surface area contributed by atoms with Crippen molar-refractivity contribution in [1.29, 1.82) is 0 Å². The Kier molecular flexibility index (Phi) is 3.83. The van der Waals surface area contributed by atoms with Gasteiger partial charge in [-0.1, -0.05) is 0 Å². The molecule has 0 saturated heterocycles. The summed E-state index contributed by atoms with van der Waals surface area (Å²) in [5, 5.41) is 22.4. The van der Waals surface area contributed by atoms with E-state index in [9.17, 15) is 14.9 Å². The van der Waals surface area contributed by atoms with Gasteiger partial charge in [0.25, 0.3) is 5.69 Å². The van der Waals surface area contributed by atoms with E-state index in [1.54, 1.807) is 6.07 Å². The molecule has 0 fully saturated rings. The fraction of sp³-hybridized carbons (Fsp3) is 0.364. The number of nitro benzene ring substituents is 1. The Bertz CT molecular complexity index is 504. The highest BCUT2D eigenvalue weighted by molar-refractivity contribution is 7.99. The molecule has 0 saturated carbocycles. The Labute approximate surface area is 108 Å². The minimum absolute atomic E-state index is 0.0321. The molecule has 0 spiro atoms. The van der Waals surface area contributed by atoms with Gasteiger partial charge >= 0.3 is 0 Å². The molecule has 1 aliphatic rings. The summed E-state index contributed by atoms with van der Waals surface area (Å²) in [5.41, 5.74) is 1.39. The molecule has 18 heavy (non-hydrogen) atoms. The van der Waals surface area contributed by atoms with Crippen LogP contribution in [0, 0.1) is 10.1 Å². The molecule has 1 amide bonds. The van der Waals surface area contributed by atoms with Gasteiger partial charge in [0.2, 0.25) is 5.91 Å². The highest BCUT2D eigenvalue weighted by atomic mass is 32.2. The molecule has 0 aliphatic carbocycles. The lowest BCUT2D eigenvalue weighted by molar-refractivity contribution is -0.387. The van der Waals surface area contributed by atoms with Crippen LogP contribution in [0.4, 0.5) is 11.4 Å². The number of fused-ring (bicyclic) bond motifs is 1. The Morgan fingerprint density at radius 1 is 1.44 bits per heavy atom.